The maximum absolute atomic E-state index is 12.0. The van der Waals surface area contributed by atoms with Gasteiger partial charge in [0.15, 0.2) is 18.1 Å². The van der Waals surface area contributed by atoms with Gasteiger partial charge in [0.1, 0.15) is 5.56 Å². The van der Waals surface area contributed by atoms with Crippen molar-refractivity contribution in [3.63, 3.8) is 0 Å². The maximum Gasteiger partial charge on any atom is 0.342 e. The molecule has 2 aromatic carbocycles. The van der Waals surface area contributed by atoms with Gasteiger partial charge in [-0.05, 0) is 49.2 Å². The molecule has 0 spiro atoms. The average Bonchev–Trinajstić information content (AvgIpc) is 2.71. The monoisotopic (exact) mass is 401 g/mol. The van der Waals surface area contributed by atoms with Crippen LogP contribution in [0, 0.1) is 6.92 Å². The first-order valence-electron chi connectivity index (χ1n) is 9.09. The van der Waals surface area contributed by atoms with Gasteiger partial charge in [0, 0.05) is 5.69 Å². The number of phenolic OH excluding ortho intramolecular Hbond substituents is 2. The van der Waals surface area contributed by atoms with E-state index in [0.717, 1.165) is 12.8 Å². The van der Waals surface area contributed by atoms with Gasteiger partial charge in [0.25, 0.3) is 5.91 Å². The van der Waals surface area contributed by atoms with Crippen LogP contribution in [0.15, 0.2) is 36.4 Å². The fraction of sp³-hybridized carbons (Fsp3) is 0.286. The molecule has 0 unspecified atom stereocenters. The van der Waals surface area contributed by atoms with Gasteiger partial charge in [-0.3, -0.25) is 4.79 Å². The fourth-order valence-electron chi connectivity index (χ4n) is 2.33. The molecule has 0 aliphatic carbocycles. The number of hydrogen-bond acceptors (Lipinski definition) is 7. The SMILES string of the molecule is CCCCOC(=O)c1ccc(NC(=O)COC(=O)c2ccc(C)c(O)c2O)cc1. The number of hydrogen-bond donors (Lipinski definition) is 3. The molecule has 0 radical (unpaired) electrons. The van der Waals surface area contributed by atoms with Crippen LogP contribution < -0.4 is 5.32 Å². The number of nitrogens with one attached hydrogen (secondary N) is 1. The van der Waals surface area contributed by atoms with Gasteiger partial charge in [0.05, 0.1) is 12.2 Å². The first-order chi connectivity index (χ1) is 13.8. The summed E-state index contributed by atoms with van der Waals surface area (Å²) in [6.07, 6.45) is 1.71. The second-order valence-electron chi connectivity index (χ2n) is 6.32. The van der Waals surface area contributed by atoms with Crippen LogP contribution in [0.25, 0.3) is 0 Å². The van der Waals surface area contributed by atoms with E-state index in [1.807, 2.05) is 6.92 Å². The molecule has 3 N–H and O–H groups in total. The lowest BCUT2D eigenvalue weighted by molar-refractivity contribution is -0.119. The lowest BCUT2D eigenvalue weighted by atomic mass is 10.1. The third-order valence-electron chi connectivity index (χ3n) is 4.04. The number of unbranched alkanes of at least 4 members (excludes halogenated alkanes) is 1. The average molecular weight is 401 g/mol. The van der Waals surface area contributed by atoms with Gasteiger partial charge in [-0.25, -0.2) is 9.59 Å². The number of phenols is 2. The maximum atomic E-state index is 12.0. The van der Waals surface area contributed by atoms with E-state index in [1.54, 1.807) is 6.92 Å². The summed E-state index contributed by atoms with van der Waals surface area (Å²) in [6.45, 7) is 3.32. The summed E-state index contributed by atoms with van der Waals surface area (Å²) in [5.41, 5.74) is 0.925. The number of amides is 1. The highest BCUT2D eigenvalue weighted by Crippen LogP contribution is 2.32. The first kappa shape index (κ1) is 21.7. The number of carbonyl (C=O) groups excluding carboxylic acids is 3. The Labute approximate surface area is 168 Å². The number of carbonyl (C=O) groups is 3. The first-order valence-corrected chi connectivity index (χ1v) is 9.09. The Morgan fingerprint density at radius 3 is 2.28 bits per heavy atom. The third-order valence-corrected chi connectivity index (χ3v) is 4.04. The second-order valence-corrected chi connectivity index (χ2v) is 6.32. The third kappa shape index (κ3) is 5.97. The molecule has 0 aliphatic rings. The van der Waals surface area contributed by atoms with Crippen LogP contribution in [0.5, 0.6) is 11.5 Å². The van der Waals surface area contributed by atoms with E-state index in [9.17, 15) is 24.6 Å². The van der Waals surface area contributed by atoms with Crippen LogP contribution >= 0.6 is 0 Å². The topological polar surface area (TPSA) is 122 Å². The summed E-state index contributed by atoms with van der Waals surface area (Å²) in [6, 6.07) is 8.83. The van der Waals surface area contributed by atoms with Gasteiger partial charge in [-0.1, -0.05) is 19.4 Å². The highest BCUT2D eigenvalue weighted by Gasteiger charge is 2.18. The van der Waals surface area contributed by atoms with E-state index < -0.39 is 36.0 Å². The van der Waals surface area contributed by atoms with E-state index in [-0.39, 0.29) is 5.56 Å². The summed E-state index contributed by atoms with van der Waals surface area (Å²) in [4.78, 5) is 35.8. The molecular weight excluding hydrogens is 378 g/mol. The zero-order chi connectivity index (χ0) is 21.4. The molecular formula is C21H23NO7. The summed E-state index contributed by atoms with van der Waals surface area (Å²) in [7, 11) is 0. The van der Waals surface area contributed by atoms with Gasteiger partial charge < -0.3 is 25.0 Å². The molecule has 2 rings (SSSR count). The summed E-state index contributed by atoms with van der Waals surface area (Å²) in [5, 5.41) is 22.0. The second kappa shape index (κ2) is 10.1. The van der Waals surface area contributed by atoms with E-state index >= 15 is 0 Å². The molecule has 0 fully saturated rings. The molecule has 0 saturated heterocycles. The highest BCUT2D eigenvalue weighted by atomic mass is 16.5. The highest BCUT2D eigenvalue weighted by molar-refractivity contribution is 5.97. The molecule has 0 bridgehead atoms. The van der Waals surface area contributed by atoms with E-state index in [1.165, 1.54) is 36.4 Å². The van der Waals surface area contributed by atoms with Crippen molar-refractivity contribution in [3.8, 4) is 11.5 Å². The molecule has 29 heavy (non-hydrogen) atoms. The normalized spacial score (nSPS) is 10.3. The predicted octanol–water partition coefficient (Wildman–Crippen LogP) is 3.16. The van der Waals surface area contributed by atoms with E-state index in [4.69, 9.17) is 9.47 Å². The quantitative estimate of drug-likeness (QED) is 0.353. The smallest absolute Gasteiger partial charge is 0.342 e. The number of aromatic hydroxyl groups is 2. The minimum Gasteiger partial charge on any atom is -0.504 e. The summed E-state index contributed by atoms with van der Waals surface area (Å²) in [5.74, 6) is -3.01. The van der Waals surface area contributed by atoms with Crippen LogP contribution in [0.3, 0.4) is 0 Å². The number of ether oxygens (including phenoxy) is 2. The molecule has 154 valence electrons. The summed E-state index contributed by atoms with van der Waals surface area (Å²) >= 11 is 0. The van der Waals surface area contributed by atoms with E-state index in [2.05, 4.69) is 5.32 Å². The molecule has 2 aromatic rings. The molecule has 0 atom stereocenters. The van der Waals surface area contributed by atoms with Crippen molar-refractivity contribution in [1.29, 1.82) is 0 Å². The zero-order valence-corrected chi connectivity index (χ0v) is 16.2. The molecule has 8 nitrogen and oxygen atoms in total. The largest absolute Gasteiger partial charge is 0.504 e. The number of anilines is 1. The van der Waals surface area contributed by atoms with Crippen molar-refractivity contribution in [1.82, 2.24) is 0 Å². The van der Waals surface area contributed by atoms with Crippen molar-refractivity contribution in [2.75, 3.05) is 18.5 Å². The lowest BCUT2D eigenvalue weighted by Crippen LogP contribution is -2.21. The standard InChI is InChI=1S/C21H23NO7/c1-3-4-11-28-20(26)14-6-8-15(9-7-14)22-17(23)12-29-21(27)16-10-5-13(2)18(24)19(16)25/h5-10,24-25H,3-4,11-12H2,1-2H3,(H,22,23). The van der Waals surface area contributed by atoms with Crippen LogP contribution in [0.4, 0.5) is 5.69 Å². The van der Waals surface area contributed by atoms with Crippen LogP contribution in [-0.2, 0) is 14.3 Å². The lowest BCUT2D eigenvalue weighted by Gasteiger charge is -2.09. The minimum atomic E-state index is -0.946. The Hall–Kier alpha value is -3.55. The number of aryl methyl sites for hydroxylation is 1. The number of esters is 2. The summed E-state index contributed by atoms with van der Waals surface area (Å²) < 4.78 is 9.96. The van der Waals surface area contributed by atoms with Crippen molar-refractivity contribution in [3.05, 3.63) is 53.1 Å². The predicted molar refractivity (Wildman–Crippen MR) is 105 cm³/mol. The Kier molecular flexibility index (Phi) is 7.59. The Bertz CT molecular complexity index is 891. The van der Waals surface area contributed by atoms with Gasteiger partial charge in [-0.2, -0.15) is 0 Å². The van der Waals surface area contributed by atoms with Crippen molar-refractivity contribution < 1.29 is 34.1 Å². The van der Waals surface area contributed by atoms with Gasteiger partial charge >= 0.3 is 11.9 Å². The minimum absolute atomic E-state index is 0.244. The van der Waals surface area contributed by atoms with Crippen molar-refractivity contribution in [2.45, 2.75) is 26.7 Å². The molecule has 0 aromatic heterocycles. The zero-order valence-electron chi connectivity index (χ0n) is 16.2. The van der Waals surface area contributed by atoms with Crippen LogP contribution in [0.1, 0.15) is 46.0 Å². The molecule has 0 aliphatic heterocycles. The Morgan fingerprint density at radius 2 is 1.62 bits per heavy atom. The van der Waals surface area contributed by atoms with Gasteiger partial charge in [-0.15, -0.1) is 0 Å². The molecule has 1 amide bonds. The number of rotatable bonds is 8. The van der Waals surface area contributed by atoms with Crippen molar-refractivity contribution >= 4 is 23.5 Å². The molecule has 8 heteroatoms. The Balaban J connectivity index is 1.87. The van der Waals surface area contributed by atoms with E-state index in [0.29, 0.717) is 23.4 Å². The Morgan fingerprint density at radius 1 is 0.931 bits per heavy atom. The van der Waals surface area contributed by atoms with Crippen molar-refractivity contribution in [2.24, 2.45) is 0 Å². The van der Waals surface area contributed by atoms with Crippen LogP contribution in [-0.4, -0.2) is 41.3 Å². The molecule has 0 saturated carbocycles. The molecule has 0 heterocycles. The number of benzene rings is 2. The fourth-order valence-corrected chi connectivity index (χ4v) is 2.33. The van der Waals surface area contributed by atoms with Gasteiger partial charge in [0.2, 0.25) is 0 Å². The van der Waals surface area contributed by atoms with Crippen LogP contribution in [0.2, 0.25) is 0 Å².